The van der Waals surface area contributed by atoms with Crippen LogP contribution in [0.1, 0.15) is 67.2 Å². The minimum atomic E-state index is -0.809. The standard InChI is InChI=1S/C30H31F3/c1-3-4-21-6-13-24(14-7-21)27-18-16-25(29(32)30(27)33)15-10-22-8-11-23(12-9-22)26-17-5-20(2)19-28(26)31/h5-7,10,13-19,22-23H,3-4,8-9,11-12H2,1-2H3. The van der Waals surface area contributed by atoms with Gasteiger partial charge in [-0.15, -0.1) is 0 Å². The molecule has 1 fully saturated rings. The average molecular weight is 449 g/mol. The minimum Gasteiger partial charge on any atom is -0.207 e. The molecule has 0 spiro atoms. The number of hydrogen-bond donors (Lipinski definition) is 0. The van der Waals surface area contributed by atoms with Crippen molar-refractivity contribution in [2.45, 2.75) is 58.3 Å². The number of halogens is 3. The second-order valence-electron chi connectivity index (χ2n) is 9.27. The smallest absolute Gasteiger partial charge is 0.167 e. The maximum Gasteiger partial charge on any atom is 0.167 e. The first kappa shape index (κ1) is 23.4. The summed E-state index contributed by atoms with van der Waals surface area (Å²) >= 11 is 0. The fourth-order valence-corrected chi connectivity index (χ4v) is 4.88. The van der Waals surface area contributed by atoms with Gasteiger partial charge >= 0.3 is 0 Å². The molecule has 0 heterocycles. The van der Waals surface area contributed by atoms with Crippen molar-refractivity contribution in [3.8, 4) is 11.1 Å². The van der Waals surface area contributed by atoms with Gasteiger partial charge in [0.15, 0.2) is 11.6 Å². The van der Waals surface area contributed by atoms with Crippen LogP contribution < -0.4 is 0 Å². The van der Waals surface area contributed by atoms with Crippen LogP contribution in [0.2, 0.25) is 0 Å². The third kappa shape index (κ3) is 5.40. The van der Waals surface area contributed by atoms with Gasteiger partial charge in [0.2, 0.25) is 0 Å². The molecule has 172 valence electrons. The summed E-state index contributed by atoms with van der Waals surface area (Å²) in [4.78, 5) is 0. The highest BCUT2D eigenvalue weighted by molar-refractivity contribution is 5.67. The van der Waals surface area contributed by atoms with E-state index >= 15 is 0 Å². The Bertz CT molecular complexity index is 1120. The van der Waals surface area contributed by atoms with Crippen LogP contribution in [-0.4, -0.2) is 0 Å². The molecule has 0 nitrogen and oxygen atoms in total. The molecule has 3 aromatic carbocycles. The number of hydrogen-bond acceptors (Lipinski definition) is 0. The monoisotopic (exact) mass is 448 g/mol. The third-order valence-electron chi connectivity index (χ3n) is 6.83. The summed E-state index contributed by atoms with van der Waals surface area (Å²) < 4.78 is 43.9. The third-order valence-corrected chi connectivity index (χ3v) is 6.83. The van der Waals surface area contributed by atoms with Crippen molar-refractivity contribution >= 4 is 6.08 Å². The predicted molar refractivity (Wildman–Crippen MR) is 131 cm³/mol. The van der Waals surface area contributed by atoms with Gasteiger partial charge in [-0.2, -0.15) is 0 Å². The lowest BCUT2D eigenvalue weighted by molar-refractivity contribution is 0.369. The topological polar surface area (TPSA) is 0 Å². The molecular formula is C30H31F3. The van der Waals surface area contributed by atoms with Crippen LogP contribution in [0.4, 0.5) is 13.2 Å². The fraction of sp³-hybridized carbons (Fsp3) is 0.333. The summed E-state index contributed by atoms with van der Waals surface area (Å²) in [6.45, 7) is 4.01. The summed E-state index contributed by atoms with van der Waals surface area (Å²) in [6, 6.07) is 16.4. The lowest BCUT2D eigenvalue weighted by atomic mass is 9.78. The Balaban J connectivity index is 1.42. The molecular weight excluding hydrogens is 417 g/mol. The fourth-order valence-electron chi connectivity index (χ4n) is 4.88. The first-order valence-electron chi connectivity index (χ1n) is 12.0. The lowest BCUT2D eigenvalue weighted by Crippen LogP contribution is -2.13. The molecule has 0 bridgehead atoms. The van der Waals surface area contributed by atoms with Gasteiger partial charge in [0.1, 0.15) is 5.82 Å². The maximum atomic E-state index is 14.8. The highest BCUT2D eigenvalue weighted by Gasteiger charge is 2.23. The first-order valence-corrected chi connectivity index (χ1v) is 12.0. The largest absolute Gasteiger partial charge is 0.207 e. The Hall–Kier alpha value is -2.81. The molecule has 0 aliphatic heterocycles. The van der Waals surface area contributed by atoms with Gasteiger partial charge in [-0.3, -0.25) is 0 Å². The zero-order valence-electron chi connectivity index (χ0n) is 19.4. The highest BCUT2D eigenvalue weighted by atomic mass is 19.2. The second kappa shape index (κ2) is 10.4. The summed E-state index contributed by atoms with van der Waals surface area (Å²) in [5, 5.41) is 0. The molecule has 1 aliphatic rings. The average Bonchev–Trinajstić information content (AvgIpc) is 2.81. The first-order chi connectivity index (χ1) is 16.0. The molecule has 0 saturated heterocycles. The molecule has 33 heavy (non-hydrogen) atoms. The molecule has 0 atom stereocenters. The summed E-state index contributed by atoms with van der Waals surface area (Å²) in [5.41, 5.74) is 4.17. The van der Waals surface area contributed by atoms with E-state index in [-0.39, 0.29) is 22.9 Å². The van der Waals surface area contributed by atoms with Gasteiger partial charge in [0.05, 0.1) is 0 Å². The Morgan fingerprint density at radius 2 is 1.58 bits per heavy atom. The van der Waals surface area contributed by atoms with Gasteiger partial charge in [-0.05, 0) is 79.2 Å². The SMILES string of the molecule is CCCc1ccc(-c2ccc(C=CC3CCC(c4ccc(C)cc4F)CC3)c(F)c2F)cc1. The van der Waals surface area contributed by atoms with Gasteiger partial charge in [-0.1, -0.05) is 74.0 Å². The zero-order valence-corrected chi connectivity index (χ0v) is 19.4. The number of aryl methyl sites for hydroxylation is 2. The molecule has 0 radical (unpaired) electrons. The van der Waals surface area contributed by atoms with Crippen molar-refractivity contribution in [2.24, 2.45) is 5.92 Å². The molecule has 0 unspecified atom stereocenters. The van der Waals surface area contributed by atoms with Gasteiger partial charge in [0, 0.05) is 11.1 Å². The normalized spacial score (nSPS) is 18.7. The molecule has 0 aromatic heterocycles. The van der Waals surface area contributed by atoms with Crippen LogP contribution in [0, 0.1) is 30.3 Å². The van der Waals surface area contributed by atoms with Crippen molar-refractivity contribution in [2.75, 3.05) is 0 Å². The van der Waals surface area contributed by atoms with E-state index in [9.17, 15) is 13.2 Å². The Morgan fingerprint density at radius 1 is 0.848 bits per heavy atom. The molecule has 4 rings (SSSR count). The second-order valence-corrected chi connectivity index (χ2v) is 9.27. The van der Waals surface area contributed by atoms with Crippen LogP contribution in [-0.2, 0) is 6.42 Å². The number of benzene rings is 3. The Labute approximate surface area is 195 Å². The van der Waals surface area contributed by atoms with Crippen molar-refractivity contribution in [3.05, 3.63) is 100 Å². The Kier molecular flexibility index (Phi) is 7.37. The molecule has 0 amide bonds. The molecule has 1 saturated carbocycles. The molecule has 0 N–H and O–H groups in total. The van der Waals surface area contributed by atoms with Crippen molar-refractivity contribution in [1.29, 1.82) is 0 Å². The summed E-state index contributed by atoms with van der Waals surface area (Å²) in [5.74, 6) is -1.21. The number of rotatable bonds is 6. The van der Waals surface area contributed by atoms with E-state index in [1.807, 2.05) is 49.4 Å². The molecule has 3 heteroatoms. The van der Waals surface area contributed by atoms with E-state index in [0.717, 1.165) is 49.7 Å². The van der Waals surface area contributed by atoms with Gasteiger partial charge in [-0.25, -0.2) is 13.2 Å². The van der Waals surface area contributed by atoms with Crippen molar-refractivity contribution in [3.63, 3.8) is 0 Å². The van der Waals surface area contributed by atoms with Crippen LogP contribution in [0.3, 0.4) is 0 Å². The van der Waals surface area contributed by atoms with Crippen LogP contribution in [0.15, 0.2) is 60.7 Å². The van der Waals surface area contributed by atoms with Crippen molar-refractivity contribution < 1.29 is 13.2 Å². The minimum absolute atomic E-state index is 0.119. The van der Waals surface area contributed by atoms with E-state index in [0.29, 0.717) is 11.5 Å². The molecule has 3 aromatic rings. The quantitative estimate of drug-likeness (QED) is 0.353. The van der Waals surface area contributed by atoms with E-state index in [1.165, 1.54) is 5.56 Å². The number of allylic oxidation sites excluding steroid dienone is 1. The summed E-state index contributed by atoms with van der Waals surface area (Å²) in [6.07, 6.45) is 9.35. The van der Waals surface area contributed by atoms with Crippen molar-refractivity contribution in [1.82, 2.24) is 0 Å². The van der Waals surface area contributed by atoms with E-state index in [2.05, 4.69) is 6.92 Å². The predicted octanol–water partition coefficient (Wildman–Crippen LogP) is 9.02. The van der Waals surface area contributed by atoms with E-state index in [4.69, 9.17) is 0 Å². The lowest BCUT2D eigenvalue weighted by Gasteiger charge is -2.27. The zero-order chi connectivity index (χ0) is 23.4. The maximum absolute atomic E-state index is 14.8. The van der Waals surface area contributed by atoms with E-state index < -0.39 is 11.6 Å². The van der Waals surface area contributed by atoms with Crippen LogP contribution in [0.5, 0.6) is 0 Å². The molecule has 1 aliphatic carbocycles. The Morgan fingerprint density at radius 3 is 2.24 bits per heavy atom. The van der Waals surface area contributed by atoms with E-state index in [1.54, 1.807) is 24.3 Å². The van der Waals surface area contributed by atoms with Gasteiger partial charge < -0.3 is 0 Å². The van der Waals surface area contributed by atoms with Crippen LogP contribution in [0.25, 0.3) is 17.2 Å². The van der Waals surface area contributed by atoms with Crippen LogP contribution >= 0.6 is 0 Å². The van der Waals surface area contributed by atoms with Gasteiger partial charge in [0.25, 0.3) is 0 Å². The highest BCUT2D eigenvalue weighted by Crippen LogP contribution is 2.38. The summed E-state index contributed by atoms with van der Waals surface area (Å²) in [7, 11) is 0.